The average molecular weight is 493 g/mol. The molecule has 0 bridgehead atoms. The van der Waals surface area contributed by atoms with E-state index >= 15 is 0 Å². The van der Waals surface area contributed by atoms with Crippen LogP contribution in [0.3, 0.4) is 0 Å². The molecule has 0 aliphatic carbocycles. The Balaban J connectivity index is 2.10. The molecule has 0 saturated carbocycles. The molecule has 0 spiro atoms. The maximum atomic E-state index is 13.3. The molecule has 0 aliphatic heterocycles. The molecule has 0 saturated heterocycles. The summed E-state index contributed by atoms with van der Waals surface area (Å²) in [6.07, 6.45) is 0. The van der Waals surface area contributed by atoms with Crippen molar-refractivity contribution in [2.45, 2.75) is 66.2 Å². The highest BCUT2D eigenvalue weighted by atomic mass is 31.2. The maximum Gasteiger partial charge on any atom is 0.584 e. The standard InChI is InChI=1S/C30H37O4P/c1-19(2)24-15-12-16-26(28(24)21(5)6)33-35(31,32)34-27-18-17-25(20(3)4)30(29(27)22(7)8)23-13-10-9-11-14-23/h9-19,21-22H,3H2,1-2,4-8H3,(H,31,32). The van der Waals surface area contributed by atoms with Gasteiger partial charge in [0.15, 0.2) is 0 Å². The summed E-state index contributed by atoms with van der Waals surface area (Å²) in [5.74, 6) is 1.11. The van der Waals surface area contributed by atoms with Crippen molar-refractivity contribution in [1.29, 1.82) is 0 Å². The normalized spacial score (nSPS) is 13.2. The van der Waals surface area contributed by atoms with Crippen molar-refractivity contribution in [2.24, 2.45) is 0 Å². The molecular formula is C30H37O4P. The van der Waals surface area contributed by atoms with Gasteiger partial charge in [-0.25, -0.2) is 4.57 Å². The van der Waals surface area contributed by atoms with Gasteiger partial charge in [-0.2, -0.15) is 0 Å². The molecule has 5 heteroatoms. The fourth-order valence-electron chi connectivity index (χ4n) is 4.55. The lowest BCUT2D eigenvalue weighted by Crippen LogP contribution is -2.08. The first-order valence-corrected chi connectivity index (χ1v) is 13.7. The highest BCUT2D eigenvalue weighted by Gasteiger charge is 2.31. The first-order valence-electron chi connectivity index (χ1n) is 12.2. The molecule has 0 fully saturated rings. The van der Waals surface area contributed by atoms with Gasteiger partial charge in [-0.1, -0.05) is 102 Å². The molecule has 4 nitrogen and oxygen atoms in total. The Kier molecular flexibility index (Phi) is 8.30. The number of benzene rings is 3. The van der Waals surface area contributed by atoms with Crippen molar-refractivity contribution < 1.29 is 18.5 Å². The minimum absolute atomic E-state index is 0.0231. The largest absolute Gasteiger partial charge is 0.584 e. The maximum absolute atomic E-state index is 13.3. The minimum Gasteiger partial charge on any atom is -0.395 e. The minimum atomic E-state index is -4.49. The van der Waals surface area contributed by atoms with Crippen molar-refractivity contribution in [2.75, 3.05) is 0 Å². The Hall–Kier alpha value is -2.81. The molecule has 0 heterocycles. The summed E-state index contributed by atoms with van der Waals surface area (Å²) < 4.78 is 24.9. The van der Waals surface area contributed by atoms with Crippen LogP contribution in [-0.4, -0.2) is 4.89 Å². The molecule has 35 heavy (non-hydrogen) atoms. The third kappa shape index (κ3) is 6.07. The Morgan fingerprint density at radius 2 is 1.34 bits per heavy atom. The number of phosphoric ester groups is 1. The van der Waals surface area contributed by atoms with E-state index in [1.165, 1.54) is 0 Å². The Bertz CT molecular complexity index is 1240. The number of hydrogen-bond acceptors (Lipinski definition) is 3. The van der Waals surface area contributed by atoms with Gasteiger partial charge in [-0.05, 0) is 59.1 Å². The summed E-state index contributed by atoms with van der Waals surface area (Å²) in [7, 11) is -4.49. The van der Waals surface area contributed by atoms with Crippen LogP contribution >= 0.6 is 7.82 Å². The lowest BCUT2D eigenvalue weighted by Gasteiger charge is -2.25. The Morgan fingerprint density at radius 1 is 0.771 bits per heavy atom. The van der Waals surface area contributed by atoms with Crippen molar-refractivity contribution in [3.8, 4) is 22.6 Å². The lowest BCUT2D eigenvalue weighted by atomic mass is 9.86. The van der Waals surface area contributed by atoms with Crippen LogP contribution in [0.5, 0.6) is 11.5 Å². The smallest absolute Gasteiger partial charge is 0.395 e. The third-order valence-electron chi connectivity index (χ3n) is 6.03. The van der Waals surface area contributed by atoms with Gasteiger partial charge >= 0.3 is 7.82 Å². The predicted octanol–water partition coefficient (Wildman–Crippen LogP) is 9.32. The molecule has 0 amide bonds. The van der Waals surface area contributed by atoms with Crippen molar-refractivity contribution >= 4 is 13.4 Å². The Morgan fingerprint density at radius 3 is 1.86 bits per heavy atom. The lowest BCUT2D eigenvalue weighted by molar-refractivity contribution is 0.288. The van der Waals surface area contributed by atoms with Crippen molar-refractivity contribution in [1.82, 2.24) is 0 Å². The van der Waals surface area contributed by atoms with E-state index in [0.717, 1.165) is 39.0 Å². The zero-order valence-electron chi connectivity index (χ0n) is 21.8. The summed E-state index contributed by atoms with van der Waals surface area (Å²) in [6, 6.07) is 19.2. The van der Waals surface area contributed by atoms with E-state index in [-0.39, 0.29) is 17.8 Å². The van der Waals surface area contributed by atoms with Crippen molar-refractivity contribution in [3.05, 3.63) is 89.5 Å². The predicted molar refractivity (Wildman–Crippen MR) is 146 cm³/mol. The molecule has 3 aromatic carbocycles. The second-order valence-corrected chi connectivity index (χ2v) is 11.2. The van der Waals surface area contributed by atoms with Crippen LogP contribution in [0.25, 0.3) is 16.7 Å². The topological polar surface area (TPSA) is 55.8 Å². The molecule has 3 aromatic rings. The van der Waals surface area contributed by atoms with E-state index in [4.69, 9.17) is 9.05 Å². The number of hydrogen-bond donors (Lipinski definition) is 1. The summed E-state index contributed by atoms with van der Waals surface area (Å²) in [5, 5.41) is 0. The van der Waals surface area contributed by atoms with E-state index in [0.29, 0.717) is 11.5 Å². The van der Waals surface area contributed by atoms with E-state index in [2.05, 4.69) is 34.3 Å². The van der Waals surface area contributed by atoms with Crippen LogP contribution in [0, 0.1) is 0 Å². The first kappa shape index (κ1) is 26.8. The Labute approximate surface area is 210 Å². The highest BCUT2D eigenvalue weighted by Crippen LogP contribution is 2.51. The number of allylic oxidation sites excluding steroid dienone is 1. The first-order chi connectivity index (χ1) is 16.4. The van der Waals surface area contributed by atoms with Gasteiger partial charge < -0.3 is 9.05 Å². The van der Waals surface area contributed by atoms with Crippen LogP contribution in [0.15, 0.2) is 67.2 Å². The molecule has 186 valence electrons. The van der Waals surface area contributed by atoms with Gasteiger partial charge in [0.1, 0.15) is 11.5 Å². The second kappa shape index (κ2) is 10.8. The molecule has 1 unspecified atom stereocenters. The highest BCUT2D eigenvalue weighted by molar-refractivity contribution is 7.48. The molecule has 0 aromatic heterocycles. The summed E-state index contributed by atoms with van der Waals surface area (Å²) in [5.41, 5.74) is 6.70. The zero-order chi connectivity index (χ0) is 25.9. The van der Waals surface area contributed by atoms with Crippen LogP contribution in [0.1, 0.15) is 88.5 Å². The monoisotopic (exact) mass is 492 g/mol. The summed E-state index contributed by atoms with van der Waals surface area (Å²) >= 11 is 0. The van der Waals surface area contributed by atoms with Crippen LogP contribution in [-0.2, 0) is 4.57 Å². The van der Waals surface area contributed by atoms with Crippen molar-refractivity contribution in [3.63, 3.8) is 0 Å². The molecule has 0 radical (unpaired) electrons. The average Bonchev–Trinajstić information content (AvgIpc) is 2.77. The van der Waals surface area contributed by atoms with Gasteiger partial charge in [0.05, 0.1) is 0 Å². The quantitative estimate of drug-likeness (QED) is 0.302. The number of phosphoric acid groups is 1. The summed E-state index contributed by atoms with van der Waals surface area (Å²) in [6.45, 7) is 18.5. The van der Waals surface area contributed by atoms with E-state index < -0.39 is 7.82 Å². The SMILES string of the molecule is C=C(C)c1ccc(OP(=O)(O)Oc2cccc(C(C)C)c2C(C)C)c(C(C)C)c1-c1ccccc1. The van der Waals surface area contributed by atoms with Gasteiger partial charge in [0, 0.05) is 11.1 Å². The van der Waals surface area contributed by atoms with Crippen LogP contribution in [0.4, 0.5) is 0 Å². The van der Waals surface area contributed by atoms with E-state index in [9.17, 15) is 9.46 Å². The fraction of sp³-hybridized carbons (Fsp3) is 0.333. The van der Waals surface area contributed by atoms with Crippen LogP contribution < -0.4 is 9.05 Å². The third-order valence-corrected chi connectivity index (χ3v) is 6.89. The van der Waals surface area contributed by atoms with Gasteiger partial charge in [-0.15, -0.1) is 0 Å². The molecular weight excluding hydrogens is 455 g/mol. The number of rotatable bonds is 9. The summed E-state index contributed by atoms with van der Waals surface area (Å²) in [4.78, 5) is 10.9. The molecule has 1 atom stereocenters. The van der Waals surface area contributed by atoms with Gasteiger partial charge in [0.2, 0.25) is 0 Å². The second-order valence-electron chi connectivity index (χ2n) is 9.92. The van der Waals surface area contributed by atoms with Gasteiger partial charge in [-0.3, -0.25) is 4.89 Å². The fourth-order valence-corrected chi connectivity index (χ4v) is 5.41. The molecule has 0 aliphatic rings. The molecule has 3 rings (SSSR count). The van der Waals surface area contributed by atoms with E-state index in [1.54, 1.807) is 12.1 Å². The van der Waals surface area contributed by atoms with Gasteiger partial charge in [0.25, 0.3) is 0 Å². The van der Waals surface area contributed by atoms with E-state index in [1.807, 2.05) is 69.3 Å². The molecule has 1 N–H and O–H groups in total. The van der Waals surface area contributed by atoms with Crippen LogP contribution in [0.2, 0.25) is 0 Å². The zero-order valence-corrected chi connectivity index (χ0v) is 22.7.